The number of nitrogens with zero attached hydrogens (tertiary/aromatic N) is 2. The zero-order valence-corrected chi connectivity index (χ0v) is 8.87. The Bertz CT molecular complexity index is 559. The van der Waals surface area contributed by atoms with Crippen molar-refractivity contribution in [2.45, 2.75) is 0 Å². The first-order valence-corrected chi connectivity index (χ1v) is 4.91. The van der Waals surface area contributed by atoms with Crippen LogP contribution in [-0.4, -0.2) is 28.3 Å². The van der Waals surface area contributed by atoms with Crippen LogP contribution >= 0.6 is 0 Å². The van der Waals surface area contributed by atoms with E-state index in [1.54, 1.807) is 0 Å². The first-order valence-electron chi connectivity index (χ1n) is 4.91. The number of hydrogen-bond acceptors (Lipinski definition) is 5. The molecule has 1 aliphatic rings. The Morgan fingerprint density at radius 1 is 1.56 bits per heavy atom. The second kappa shape index (κ2) is 4.06. The van der Waals surface area contributed by atoms with Crippen LogP contribution in [0.2, 0.25) is 0 Å². The summed E-state index contributed by atoms with van der Waals surface area (Å²) < 4.78 is 13.7. The largest absolute Gasteiger partial charge is 0.481 e. The van der Waals surface area contributed by atoms with Gasteiger partial charge in [-0.15, -0.1) is 0 Å². The van der Waals surface area contributed by atoms with Crippen molar-refractivity contribution in [1.82, 2.24) is 0 Å². The molecule has 0 amide bonds. The summed E-state index contributed by atoms with van der Waals surface area (Å²) in [6.07, 6.45) is 0. The number of Topliss-reactive ketones (excluding diaryl/α,β-unsaturated/α-hetero) is 1. The van der Waals surface area contributed by atoms with Crippen LogP contribution in [0, 0.1) is 16.0 Å². The third-order valence-electron chi connectivity index (χ3n) is 2.68. The highest BCUT2D eigenvalue weighted by Gasteiger charge is 2.40. The molecule has 1 unspecified atom stereocenters. The highest BCUT2D eigenvalue weighted by atomic mass is 19.2. The number of carboxylic acids is 1. The van der Waals surface area contributed by atoms with Gasteiger partial charge in [0.15, 0.2) is 11.5 Å². The Labute approximate surface area is 99.5 Å². The van der Waals surface area contributed by atoms with Gasteiger partial charge < -0.3 is 5.11 Å². The van der Waals surface area contributed by atoms with E-state index in [0.29, 0.717) is 0 Å². The van der Waals surface area contributed by atoms with Crippen LogP contribution in [0.15, 0.2) is 18.2 Å². The Balaban J connectivity index is 2.61. The Morgan fingerprint density at radius 3 is 2.78 bits per heavy atom. The smallest absolute Gasteiger partial charge is 0.316 e. The molecule has 1 atom stereocenters. The maximum absolute atomic E-state index is 13.7. The van der Waals surface area contributed by atoms with Crippen molar-refractivity contribution in [2.24, 2.45) is 5.92 Å². The minimum Gasteiger partial charge on any atom is -0.481 e. The number of fused-ring (bicyclic) bond motifs is 1. The van der Waals surface area contributed by atoms with Gasteiger partial charge in [0.25, 0.3) is 5.69 Å². The number of aliphatic carboxylic acids is 1. The number of halogens is 1. The van der Waals surface area contributed by atoms with E-state index in [9.17, 15) is 24.2 Å². The zero-order chi connectivity index (χ0) is 13.4. The molecule has 7 nitrogen and oxygen atoms in total. The standard InChI is InChI=1S/C10H7FN2O5/c11-12-4-6(10(15)16)9(14)5-2-1-3-7(8(5)12)13(17)18/h1-3,6H,4H2,(H,15,16). The number of carbonyl (C=O) groups is 2. The minimum absolute atomic E-state index is 0.0619. The second-order valence-corrected chi connectivity index (χ2v) is 3.73. The first kappa shape index (κ1) is 12.0. The number of anilines is 1. The van der Waals surface area contributed by atoms with E-state index in [1.807, 2.05) is 0 Å². The van der Waals surface area contributed by atoms with Crippen molar-refractivity contribution in [2.75, 3.05) is 11.7 Å². The Kier molecular flexibility index (Phi) is 2.70. The molecule has 18 heavy (non-hydrogen) atoms. The van der Waals surface area contributed by atoms with Gasteiger partial charge in [-0.25, -0.2) is 5.12 Å². The summed E-state index contributed by atoms with van der Waals surface area (Å²) in [5, 5.41) is 19.4. The van der Waals surface area contributed by atoms with Crippen molar-refractivity contribution in [3.8, 4) is 0 Å². The SMILES string of the molecule is O=C(O)C1CN(F)c2c(cccc2[N+](=O)[O-])C1=O. The number of nitro benzene ring substituents is 1. The molecule has 0 aromatic heterocycles. The van der Waals surface area contributed by atoms with Gasteiger partial charge >= 0.3 is 5.97 Å². The van der Waals surface area contributed by atoms with Crippen LogP contribution in [0.4, 0.5) is 15.9 Å². The van der Waals surface area contributed by atoms with Crippen LogP contribution in [0.1, 0.15) is 10.4 Å². The van der Waals surface area contributed by atoms with Crippen molar-refractivity contribution in [1.29, 1.82) is 0 Å². The molecule has 1 N–H and O–H groups in total. The van der Waals surface area contributed by atoms with E-state index in [1.165, 1.54) is 12.1 Å². The molecule has 2 rings (SSSR count). The molecule has 0 fully saturated rings. The minimum atomic E-state index is -1.55. The van der Waals surface area contributed by atoms with Gasteiger partial charge in [0.05, 0.1) is 17.0 Å². The summed E-state index contributed by atoms with van der Waals surface area (Å²) in [5.74, 6) is -3.83. The van der Waals surface area contributed by atoms with E-state index in [-0.39, 0.29) is 10.7 Å². The van der Waals surface area contributed by atoms with Gasteiger partial charge in [0, 0.05) is 6.07 Å². The summed E-state index contributed by atoms with van der Waals surface area (Å²) in [4.78, 5) is 32.5. The molecule has 0 spiro atoms. The molecular formula is C10H7FN2O5. The fourth-order valence-corrected chi connectivity index (χ4v) is 1.84. The van der Waals surface area contributed by atoms with Crippen molar-refractivity contribution in [3.63, 3.8) is 0 Å². The molecule has 94 valence electrons. The third-order valence-corrected chi connectivity index (χ3v) is 2.68. The van der Waals surface area contributed by atoms with Crippen LogP contribution in [0.3, 0.4) is 0 Å². The second-order valence-electron chi connectivity index (χ2n) is 3.73. The van der Waals surface area contributed by atoms with Crippen LogP contribution in [0.5, 0.6) is 0 Å². The van der Waals surface area contributed by atoms with Gasteiger partial charge in [-0.2, -0.15) is 0 Å². The maximum atomic E-state index is 13.7. The highest BCUT2D eigenvalue weighted by molar-refractivity contribution is 6.14. The number of benzene rings is 1. The Hall–Kier alpha value is -2.51. The third kappa shape index (κ3) is 1.67. The summed E-state index contributed by atoms with van der Waals surface area (Å²) in [5.41, 5.74) is -1.33. The van der Waals surface area contributed by atoms with Gasteiger partial charge in [-0.3, -0.25) is 19.7 Å². The van der Waals surface area contributed by atoms with Gasteiger partial charge in [-0.1, -0.05) is 10.5 Å². The average molecular weight is 254 g/mol. The topological polar surface area (TPSA) is 101 Å². The normalized spacial score (nSPS) is 18.4. The molecule has 0 saturated heterocycles. The molecule has 0 radical (unpaired) electrons. The predicted octanol–water partition coefficient (Wildman–Crippen LogP) is 1.18. The van der Waals surface area contributed by atoms with Crippen LogP contribution < -0.4 is 5.12 Å². The predicted molar refractivity (Wildman–Crippen MR) is 57.0 cm³/mol. The number of rotatable bonds is 2. The van der Waals surface area contributed by atoms with E-state index < -0.39 is 40.5 Å². The number of ketones is 1. The van der Waals surface area contributed by atoms with E-state index in [2.05, 4.69) is 0 Å². The number of carbonyl (C=O) groups excluding carboxylic acids is 1. The van der Waals surface area contributed by atoms with Crippen molar-refractivity contribution in [3.05, 3.63) is 33.9 Å². The van der Waals surface area contributed by atoms with Gasteiger partial charge in [0.2, 0.25) is 0 Å². The summed E-state index contributed by atoms with van der Waals surface area (Å²) in [6, 6.07) is 3.44. The van der Waals surface area contributed by atoms with E-state index in [4.69, 9.17) is 5.11 Å². The molecule has 1 aromatic carbocycles. The molecular weight excluding hydrogens is 247 g/mol. The number of para-hydroxylation sites is 1. The quantitative estimate of drug-likeness (QED) is 0.368. The molecule has 8 heteroatoms. The molecule has 0 bridgehead atoms. The maximum Gasteiger partial charge on any atom is 0.316 e. The number of carboxylic acid groups (broad SMARTS) is 1. The molecule has 0 aliphatic carbocycles. The average Bonchev–Trinajstić information content (AvgIpc) is 2.32. The zero-order valence-electron chi connectivity index (χ0n) is 8.87. The lowest BCUT2D eigenvalue weighted by Gasteiger charge is -2.25. The van der Waals surface area contributed by atoms with E-state index >= 15 is 0 Å². The lowest BCUT2D eigenvalue weighted by atomic mass is 9.91. The summed E-state index contributed by atoms with van der Waals surface area (Å²) in [6.45, 7) is -0.730. The van der Waals surface area contributed by atoms with Crippen molar-refractivity contribution >= 4 is 23.1 Å². The first-order chi connectivity index (χ1) is 8.43. The fraction of sp³-hybridized carbons (Fsp3) is 0.200. The monoisotopic (exact) mass is 254 g/mol. The lowest BCUT2D eigenvalue weighted by molar-refractivity contribution is -0.384. The van der Waals surface area contributed by atoms with Crippen molar-refractivity contribution < 1.29 is 24.1 Å². The molecule has 1 aromatic rings. The van der Waals surface area contributed by atoms with Gasteiger partial charge in [-0.05, 0) is 6.07 Å². The van der Waals surface area contributed by atoms with E-state index in [0.717, 1.165) is 6.07 Å². The molecule has 0 saturated carbocycles. The number of hydrogen-bond donors (Lipinski definition) is 1. The molecule has 1 heterocycles. The number of nitro groups is 1. The summed E-state index contributed by atoms with van der Waals surface area (Å²) >= 11 is 0. The van der Waals surface area contributed by atoms with Crippen LogP contribution in [0.25, 0.3) is 0 Å². The summed E-state index contributed by atoms with van der Waals surface area (Å²) in [7, 11) is 0. The van der Waals surface area contributed by atoms with Crippen LogP contribution in [-0.2, 0) is 4.79 Å². The lowest BCUT2D eigenvalue weighted by Crippen LogP contribution is -2.39. The fourth-order valence-electron chi connectivity index (χ4n) is 1.84. The highest BCUT2D eigenvalue weighted by Crippen LogP contribution is 2.37. The van der Waals surface area contributed by atoms with Gasteiger partial charge in [0.1, 0.15) is 5.92 Å². The Morgan fingerprint density at radius 2 is 2.22 bits per heavy atom. The molecule has 1 aliphatic heterocycles.